The van der Waals surface area contributed by atoms with Crippen LogP contribution in [0.5, 0.6) is 0 Å². The van der Waals surface area contributed by atoms with Crippen molar-refractivity contribution in [2.45, 2.75) is 0 Å². The fourth-order valence-electron chi connectivity index (χ4n) is 0.139. The fourth-order valence-corrected chi connectivity index (χ4v) is 1.25. The maximum Gasteiger partial charge on any atom is 0.478 e. The second-order valence-corrected chi connectivity index (χ2v) is 3.68. The second-order valence-electron chi connectivity index (χ2n) is 1.06. The number of rotatable bonds is 2. The fraction of sp³-hybridized carbons (Fsp3) is 0. The minimum atomic E-state index is -5.05. The molecule has 0 saturated heterocycles. The Kier molecular flexibility index (Phi) is 12.6. The molecule has 11 heteroatoms. The standard InChI is InChI=1S/La.Nd.H4O7P2/c;;1-8(2,3)7-9(4,5)6/h;;(H2,1,2,3)(H2,4,5,6). The maximum absolute atomic E-state index is 9.63. The average molecular weight is 461 g/mol. The summed E-state index contributed by atoms with van der Waals surface area (Å²) in [6, 6.07) is 0. The van der Waals surface area contributed by atoms with Gasteiger partial charge >= 0.3 is 15.6 Å². The van der Waals surface area contributed by atoms with E-state index in [4.69, 9.17) is 19.6 Å². The molecule has 0 fully saturated rings. The van der Waals surface area contributed by atoms with Crippen LogP contribution >= 0.6 is 15.6 Å². The molecule has 0 aliphatic carbocycles. The number of hydrogen-bond donors (Lipinski definition) is 4. The van der Waals surface area contributed by atoms with Crippen LogP contribution in [0.3, 0.4) is 0 Å². The van der Waals surface area contributed by atoms with Gasteiger partial charge in [-0.2, -0.15) is 4.31 Å². The number of phosphoric acid groups is 2. The molecule has 1 radical (unpaired) electrons. The number of hydrogen-bond acceptors (Lipinski definition) is 3. The van der Waals surface area contributed by atoms with E-state index < -0.39 is 15.6 Å². The van der Waals surface area contributed by atoms with E-state index in [0.29, 0.717) is 0 Å². The van der Waals surface area contributed by atoms with Crippen LogP contribution in [0.2, 0.25) is 0 Å². The van der Waals surface area contributed by atoms with Gasteiger partial charge in [0.25, 0.3) is 0 Å². The van der Waals surface area contributed by atoms with Crippen molar-refractivity contribution in [1.82, 2.24) is 0 Å². The summed E-state index contributed by atoms with van der Waals surface area (Å²) in [6.45, 7) is 0. The normalized spacial score (nSPS) is 11.3. The van der Waals surface area contributed by atoms with Crippen molar-refractivity contribution in [3.05, 3.63) is 0 Å². The molecule has 11 heavy (non-hydrogen) atoms. The van der Waals surface area contributed by atoms with Crippen molar-refractivity contribution in [1.29, 1.82) is 0 Å². The average Bonchev–Trinajstić information content (AvgIpc) is 1.14. The third-order valence-electron chi connectivity index (χ3n) is 0.213. The molecule has 0 spiro atoms. The van der Waals surface area contributed by atoms with Crippen LogP contribution in [0.1, 0.15) is 0 Å². The first-order chi connectivity index (χ1) is 3.71. The largest absolute Gasteiger partial charge is 0.478 e. The Morgan fingerprint density at radius 2 is 1.09 bits per heavy atom. The van der Waals surface area contributed by atoms with Crippen molar-refractivity contribution in [2.24, 2.45) is 0 Å². The van der Waals surface area contributed by atoms with Gasteiger partial charge in [-0.05, 0) is 0 Å². The van der Waals surface area contributed by atoms with E-state index in [2.05, 4.69) is 4.31 Å². The van der Waals surface area contributed by atoms with Gasteiger partial charge in [0.1, 0.15) is 0 Å². The summed E-state index contributed by atoms with van der Waals surface area (Å²) < 4.78 is 22.2. The van der Waals surface area contributed by atoms with E-state index in [0.717, 1.165) is 0 Å². The van der Waals surface area contributed by atoms with Crippen LogP contribution in [0, 0.1) is 76.4 Å². The first kappa shape index (κ1) is 19.4. The molecule has 0 saturated carbocycles. The van der Waals surface area contributed by atoms with Gasteiger partial charge in [0.15, 0.2) is 0 Å². The van der Waals surface area contributed by atoms with Gasteiger partial charge in [-0.15, -0.1) is 0 Å². The van der Waals surface area contributed by atoms with Gasteiger partial charge in [0, 0.05) is 76.4 Å². The van der Waals surface area contributed by atoms with Gasteiger partial charge < -0.3 is 19.6 Å². The van der Waals surface area contributed by atoms with Gasteiger partial charge in [0.05, 0.1) is 0 Å². The van der Waals surface area contributed by atoms with E-state index in [9.17, 15) is 9.13 Å². The van der Waals surface area contributed by atoms with Crippen LogP contribution in [0.4, 0.5) is 0 Å². The van der Waals surface area contributed by atoms with Crippen molar-refractivity contribution in [3.63, 3.8) is 0 Å². The molecule has 0 aromatic rings. The zero-order chi connectivity index (χ0) is 7.71. The summed E-state index contributed by atoms with van der Waals surface area (Å²) in [5.41, 5.74) is 0. The Balaban J connectivity index is -0.000000320. The predicted molar refractivity (Wildman–Crippen MR) is 25.2 cm³/mol. The zero-order valence-electron chi connectivity index (χ0n) is 4.99. The summed E-state index contributed by atoms with van der Waals surface area (Å²) in [4.78, 5) is 31.0. The quantitative estimate of drug-likeness (QED) is 0.397. The summed E-state index contributed by atoms with van der Waals surface area (Å²) in [6.07, 6.45) is 0. The second kappa shape index (κ2) is 7.14. The molecule has 0 aliphatic heterocycles. The van der Waals surface area contributed by atoms with E-state index in [1.165, 1.54) is 0 Å². The van der Waals surface area contributed by atoms with Gasteiger partial charge in [0.2, 0.25) is 0 Å². The zero-order valence-corrected chi connectivity index (χ0v) is 13.6. The summed E-state index contributed by atoms with van der Waals surface area (Å²) >= 11 is 0. The predicted octanol–water partition coefficient (Wildman–Crippen LogP) is -0.812. The van der Waals surface area contributed by atoms with Crippen LogP contribution in [-0.2, 0) is 13.4 Å². The molecule has 0 rings (SSSR count). The molecule has 0 aliphatic rings. The Bertz CT molecular complexity index is 157. The van der Waals surface area contributed by atoms with E-state index >= 15 is 0 Å². The molecule has 0 aromatic heterocycles. The monoisotopic (exact) mass is 459 g/mol. The Labute approximate surface area is 123 Å². The molecule has 0 atom stereocenters. The summed E-state index contributed by atoms with van der Waals surface area (Å²) in [7, 11) is -10.1. The minimum Gasteiger partial charge on any atom is -0.302 e. The molecule has 0 bridgehead atoms. The van der Waals surface area contributed by atoms with Crippen LogP contribution < -0.4 is 0 Å². The molecule has 0 unspecified atom stereocenters. The topological polar surface area (TPSA) is 124 Å². The Morgan fingerprint density at radius 1 is 0.909 bits per heavy atom. The molecule has 0 amide bonds. The first-order valence-corrected chi connectivity index (χ1v) is 4.59. The SMILES string of the molecule is O=P(O)(O)OP(=O)(O)O.[La].[Nd]. The summed E-state index contributed by atoms with van der Waals surface area (Å²) in [5, 5.41) is 0. The molecule has 4 N–H and O–H groups in total. The third kappa shape index (κ3) is 19.3. The summed E-state index contributed by atoms with van der Waals surface area (Å²) in [5.74, 6) is 0. The molecule has 7 nitrogen and oxygen atoms in total. The van der Waals surface area contributed by atoms with Crippen molar-refractivity contribution < 1.29 is 109 Å². The smallest absolute Gasteiger partial charge is 0.302 e. The Morgan fingerprint density at radius 3 is 1.09 bits per heavy atom. The van der Waals surface area contributed by atoms with E-state index in [1.807, 2.05) is 0 Å². The molecule has 63 valence electrons. The minimum absolute atomic E-state index is 0. The van der Waals surface area contributed by atoms with E-state index in [1.54, 1.807) is 0 Å². The van der Waals surface area contributed by atoms with Crippen molar-refractivity contribution >= 4 is 15.6 Å². The molecule has 0 aromatic carbocycles. The van der Waals surface area contributed by atoms with Gasteiger partial charge in [-0.25, -0.2) is 9.13 Å². The van der Waals surface area contributed by atoms with E-state index in [-0.39, 0.29) is 76.4 Å². The maximum atomic E-state index is 9.63. The van der Waals surface area contributed by atoms with Crippen LogP contribution in [0.25, 0.3) is 0 Å². The van der Waals surface area contributed by atoms with Crippen molar-refractivity contribution in [2.75, 3.05) is 0 Å². The molecular weight excluding hydrogens is 457 g/mol. The van der Waals surface area contributed by atoms with Crippen LogP contribution in [-0.4, -0.2) is 19.6 Å². The Hall–Kier alpha value is 2.81. The molecular formula is H4LaNdO7P2. The molecule has 0 heterocycles. The van der Waals surface area contributed by atoms with Gasteiger partial charge in [-0.1, -0.05) is 0 Å². The first-order valence-electron chi connectivity index (χ1n) is 1.53. The third-order valence-corrected chi connectivity index (χ3v) is 1.91. The van der Waals surface area contributed by atoms with Crippen molar-refractivity contribution in [3.8, 4) is 0 Å². The van der Waals surface area contributed by atoms with Gasteiger partial charge in [-0.3, -0.25) is 0 Å². The van der Waals surface area contributed by atoms with Crippen LogP contribution in [0.15, 0.2) is 0 Å².